The summed E-state index contributed by atoms with van der Waals surface area (Å²) >= 11 is 0. The first-order chi connectivity index (χ1) is 8.92. The summed E-state index contributed by atoms with van der Waals surface area (Å²) in [6, 6.07) is -1.54. The third-order valence-corrected chi connectivity index (χ3v) is 2.69. The van der Waals surface area contributed by atoms with Crippen molar-refractivity contribution in [2.45, 2.75) is 39.7 Å². The molecule has 19 heavy (non-hydrogen) atoms. The minimum atomic E-state index is -1.07. The van der Waals surface area contributed by atoms with Crippen molar-refractivity contribution in [2.24, 2.45) is 5.92 Å². The van der Waals surface area contributed by atoms with Gasteiger partial charge in [-0.3, -0.25) is 4.79 Å². The van der Waals surface area contributed by atoms with E-state index in [0.29, 0.717) is 13.0 Å². The lowest BCUT2D eigenvalue weighted by Crippen LogP contribution is -2.49. The van der Waals surface area contributed by atoms with Crippen LogP contribution in [0.2, 0.25) is 0 Å². The third kappa shape index (κ3) is 7.28. The van der Waals surface area contributed by atoms with Crippen molar-refractivity contribution in [1.29, 1.82) is 0 Å². The molecule has 0 heterocycles. The van der Waals surface area contributed by atoms with E-state index in [1.54, 1.807) is 13.8 Å². The Morgan fingerprint density at radius 2 is 1.89 bits per heavy atom. The number of rotatable bonds is 8. The molecule has 7 heteroatoms. The SMILES string of the molecule is CCOC(=O)CCNC(=O)NC(C(=O)O)C(C)CC. The summed E-state index contributed by atoms with van der Waals surface area (Å²) in [4.78, 5) is 33.5. The van der Waals surface area contributed by atoms with Gasteiger partial charge in [-0.05, 0) is 12.8 Å². The average Bonchev–Trinajstić information content (AvgIpc) is 2.35. The van der Waals surface area contributed by atoms with E-state index in [4.69, 9.17) is 9.84 Å². The third-order valence-electron chi connectivity index (χ3n) is 2.69. The monoisotopic (exact) mass is 274 g/mol. The molecule has 2 amide bonds. The van der Waals surface area contributed by atoms with Crippen LogP contribution in [0, 0.1) is 5.92 Å². The molecule has 0 rings (SSSR count). The van der Waals surface area contributed by atoms with E-state index < -0.39 is 24.0 Å². The van der Waals surface area contributed by atoms with Crippen LogP contribution in [0.4, 0.5) is 4.79 Å². The van der Waals surface area contributed by atoms with Crippen LogP contribution in [0.25, 0.3) is 0 Å². The largest absolute Gasteiger partial charge is 0.480 e. The fraction of sp³-hybridized carbons (Fsp3) is 0.750. The number of carbonyl (C=O) groups excluding carboxylic acids is 2. The number of amides is 2. The van der Waals surface area contributed by atoms with Gasteiger partial charge in [0.15, 0.2) is 0 Å². The first-order valence-electron chi connectivity index (χ1n) is 6.35. The average molecular weight is 274 g/mol. The van der Waals surface area contributed by atoms with Crippen molar-refractivity contribution in [3.05, 3.63) is 0 Å². The van der Waals surface area contributed by atoms with Gasteiger partial charge < -0.3 is 20.5 Å². The zero-order chi connectivity index (χ0) is 14.8. The van der Waals surface area contributed by atoms with Crippen LogP contribution in [0.5, 0.6) is 0 Å². The normalized spacial score (nSPS) is 13.2. The minimum absolute atomic E-state index is 0.0579. The molecule has 0 aromatic heterocycles. The molecule has 0 spiro atoms. The van der Waals surface area contributed by atoms with E-state index in [1.807, 2.05) is 6.92 Å². The van der Waals surface area contributed by atoms with Gasteiger partial charge in [0.1, 0.15) is 6.04 Å². The first-order valence-corrected chi connectivity index (χ1v) is 6.35. The maximum absolute atomic E-state index is 11.5. The van der Waals surface area contributed by atoms with E-state index in [1.165, 1.54) is 0 Å². The molecular weight excluding hydrogens is 252 g/mol. The van der Waals surface area contributed by atoms with E-state index in [9.17, 15) is 14.4 Å². The molecule has 0 saturated heterocycles. The van der Waals surface area contributed by atoms with Gasteiger partial charge in [0.2, 0.25) is 0 Å². The first kappa shape index (κ1) is 17.2. The second-order valence-corrected chi connectivity index (χ2v) is 4.16. The van der Waals surface area contributed by atoms with Crippen LogP contribution >= 0.6 is 0 Å². The predicted octanol–water partition coefficient (Wildman–Crippen LogP) is 0.738. The second-order valence-electron chi connectivity index (χ2n) is 4.16. The Balaban J connectivity index is 4.07. The van der Waals surface area contributed by atoms with Crippen LogP contribution < -0.4 is 10.6 Å². The van der Waals surface area contributed by atoms with E-state index in [0.717, 1.165) is 0 Å². The Morgan fingerprint density at radius 3 is 2.37 bits per heavy atom. The number of carboxylic acids is 1. The van der Waals surface area contributed by atoms with Crippen molar-refractivity contribution in [3.8, 4) is 0 Å². The smallest absolute Gasteiger partial charge is 0.326 e. The van der Waals surface area contributed by atoms with Gasteiger partial charge >= 0.3 is 18.0 Å². The van der Waals surface area contributed by atoms with E-state index in [2.05, 4.69) is 10.6 Å². The van der Waals surface area contributed by atoms with Crippen LogP contribution in [-0.4, -0.2) is 42.3 Å². The number of nitrogens with one attached hydrogen (secondary N) is 2. The Morgan fingerprint density at radius 1 is 1.26 bits per heavy atom. The van der Waals surface area contributed by atoms with Crippen LogP contribution in [0.1, 0.15) is 33.6 Å². The highest BCUT2D eigenvalue weighted by molar-refractivity contribution is 5.83. The number of carboxylic acid groups (broad SMARTS) is 1. The predicted molar refractivity (Wildman–Crippen MR) is 68.7 cm³/mol. The van der Waals surface area contributed by atoms with Crippen molar-refractivity contribution >= 4 is 18.0 Å². The number of urea groups is 1. The lowest BCUT2D eigenvalue weighted by atomic mass is 9.99. The zero-order valence-corrected chi connectivity index (χ0v) is 11.6. The van der Waals surface area contributed by atoms with Gasteiger partial charge in [0.05, 0.1) is 13.0 Å². The Kier molecular flexibility index (Phi) is 8.32. The topological polar surface area (TPSA) is 105 Å². The van der Waals surface area contributed by atoms with Crippen molar-refractivity contribution < 1.29 is 24.2 Å². The van der Waals surface area contributed by atoms with Crippen LogP contribution in [0.3, 0.4) is 0 Å². The zero-order valence-electron chi connectivity index (χ0n) is 11.6. The van der Waals surface area contributed by atoms with Gasteiger partial charge in [-0.2, -0.15) is 0 Å². The fourth-order valence-electron chi connectivity index (χ4n) is 1.39. The quantitative estimate of drug-likeness (QED) is 0.566. The molecule has 2 unspecified atom stereocenters. The van der Waals surface area contributed by atoms with Crippen molar-refractivity contribution in [1.82, 2.24) is 10.6 Å². The Hall–Kier alpha value is -1.79. The van der Waals surface area contributed by atoms with Gasteiger partial charge in [-0.15, -0.1) is 0 Å². The highest BCUT2D eigenvalue weighted by atomic mass is 16.5. The fourth-order valence-corrected chi connectivity index (χ4v) is 1.39. The molecule has 0 aliphatic carbocycles. The number of aliphatic carboxylic acids is 1. The molecule has 0 aromatic rings. The van der Waals surface area contributed by atoms with Gasteiger partial charge in [-0.25, -0.2) is 9.59 Å². The molecule has 0 saturated carbocycles. The summed E-state index contributed by atoms with van der Waals surface area (Å²) in [7, 11) is 0. The number of hydrogen-bond donors (Lipinski definition) is 3. The lowest BCUT2D eigenvalue weighted by Gasteiger charge is -2.20. The van der Waals surface area contributed by atoms with Crippen molar-refractivity contribution in [3.63, 3.8) is 0 Å². The van der Waals surface area contributed by atoms with Crippen LogP contribution in [-0.2, 0) is 14.3 Å². The van der Waals surface area contributed by atoms with Gasteiger partial charge in [-0.1, -0.05) is 20.3 Å². The summed E-state index contributed by atoms with van der Waals surface area (Å²) in [5.41, 5.74) is 0. The summed E-state index contributed by atoms with van der Waals surface area (Å²) in [6.07, 6.45) is 0.697. The molecule has 0 aliphatic rings. The highest BCUT2D eigenvalue weighted by Gasteiger charge is 2.25. The second kappa shape index (κ2) is 9.18. The molecule has 7 nitrogen and oxygen atoms in total. The van der Waals surface area contributed by atoms with Crippen LogP contribution in [0.15, 0.2) is 0 Å². The Bertz CT molecular complexity index is 319. The molecule has 0 radical (unpaired) electrons. The van der Waals surface area contributed by atoms with Gasteiger partial charge in [0, 0.05) is 6.54 Å². The van der Waals surface area contributed by atoms with Crippen molar-refractivity contribution in [2.75, 3.05) is 13.2 Å². The molecular formula is C12H22N2O5. The minimum Gasteiger partial charge on any atom is -0.480 e. The molecule has 110 valence electrons. The standard InChI is InChI=1S/C12H22N2O5/c1-4-8(3)10(11(16)17)14-12(18)13-7-6-9(15)19-5-2/h8,10H,4-7H2,1-3H3,(H,16,17)(H2,13,14,18). The number of esters is 1. The summed E-state index contributed by atoms with van der Waals surface area (Å²) in [5, 5.41) is 13.8. The lowest BCUT2D eigenvalue weighted by molar-refractivity contribution is -0.143. The molecule has 3 N–H and O–H groups in total. The molecule has 0 fully saturated rings. The molecule has 0 bridgehead atoms. The summed E-state index contributed by atoms with van der Waals surface area (Å²) in [5.74, 6) is -1.65. The number of ether oxygens (including phenoxy) is 1. The molecule has 2 atom stereocenters. The summed E-state index contributed by atoms with van der Waals surface area (Å²) in [6.45, 7) is 5.69. The van der Waals surface area contributed by atoms with Gasteiger partial charge in [0.25, 0.3) is 0 Å². The van der Waals surface area contributed by atoms with E-state index >= 15 is 0 Å². The maximum atomic E-state index is 11.5. The summed E-state index contributed by atoms with van der Waals surface area (Å²) < 4.78 is 4.69. The number of carbonyl (C=O) groups is 3. The van der Waals surface area contributed by atoms with E-state index in [-0.39, 0.29) is 18.9 Å². The maximum Gasteiger partial charge on any atom is 0.326 e. The highest BCUT2D eigenvalue weighted by Crippen LogP contribution is 2.07. The molecule has 0 aromatic carbocycles. The number of hydrogen-bond acceptors (Lipinski definition) is 4. The molecule has 0 aliphatic heterocycles. The Labute approximate surface area is 112 Å².